The van der Waals surface area contributed by atoms with Crippen LogP contribution in [0.5, 0.6) is 0 Å². The summed E-state index contributed by atoms with van der Waals surface area (Å²) in [6.07, 6.45) is -0.993. The van der Waals surface area contributed by atoms with Gasteiger partial charge < -0.3 is 14.6 Å². The molecule has 0 amide bonds. The van der Waals surface area contributed by atoms with Crippen LogP contribution >= 0.6 is 0 Å². The number of rotatable bonds is 2. The van der Waals surface area contributed by atoms with Crippen molar-refractivity contribution >= 4 is 11.9 Å². The summed E-state index contributed by atoms with van der Waals surface area (Å²) < 4.78 is 9.94. The van der Waals surface area contributed by atoms with E-state index in [-0.39, 0.29) is 0 Å². The van der Waals surface area contributed by atoms with Gasteiger partial charge in [-0.2, -0.15) is 0 Å². The summed E-state index contributed by atoms with van der Waals surface area (Å²) in [7, 11) is 0. The van der Waals surface area contributed by atoms with Gasteiger partial charge in [0, 0.05) is 13.8 Å². The van der Waals surface area contributed by atoms with Crippen molar-refractivity contribution in [3.05, 3.63) is 0 Å². The molecule has 1 saturated heterocycles. The molecule has 74 valence electrons. The number of carboxylic acid groups (broad SMARTS) is 1. The molecule has 0 bridgehead atoms. The number of hydrogen-bond acceptors (Lipinski definition) is 4. The Morgan fingerprint density at radius 3 is 2.46 bits per heavy atom. The molecule has 1 N–H and O–H groups in total. The van der Waals surface area contributed by atoms with Gasteiger partial charge in [0.2, 0.25) is 5.79 Å². The zero-order chi connectivity index (χ0) is 10.2. The quantitative estimate of drug-likeness (QED) is 0.634. The monoisotopic (exact) mass is 188 g/mol. The fourth-order valence-corrected chi connectivity index (χ4v) is 1.11. The summed E-state index contributed by atoms with van der Waals surface area (Å²) >= 11 is 0. The van der Waals surface area contributed by atoms with Crippen molar-refractivity contribution in [1.29, 1.82) is 0 Å². The highest BCUT2D eigenvalue weighted by molar-refractivity contribution is 5.83. The highest BCUT2D eigenvalue weighted by atomic mass is 16.8. The van der Waals surface area contributed by atoms with Gasteiger partial charge in [0.25, 0.3) is 0 Å². The molecular weight excluding hydrogens is 176 g/mol. The summed E-state index contributed by atoms with van der Waals surface area (Å²) in [4.78, 5) is 21.7. The minimum absolute atomic E-state index is 0.611. The lowest BCUT2D eigenvalue weighted by Gasteiger charge is -2.16. The Morgan fingerprint density at radius 1 is 1.62 bits per heavy atom. The predicted octanol–water partition coefficient (Wildman–Crippen LogP) is 0.385. The van der Waals surface area contributed by atoms with Crippen molar-refractivity contribution in [2.24, 2.45) is 5.92 Å². The molecule has 1 heterocycles. The molecule has 0 aliphatic carbocycles. The van der Waals surface area contributed by atoms with Crippen LogP contribution in [0, 0.1) is 5.92 Å². The first-order valence-electron chi connectivity index (χ1n) is 3.97. The third-order valence-corrected chi connectivity index (χ3v) is 1.83. The van der Waals surface area contributed by atoms with E-state index in [4.69, 9.17) is 14.6 Å². The first-order valence-corrected chi connectivity index (χ1v) is 3.97. The van der Waals surface area contributed by atoms with Gasteiger partial charge in [0.15, 0.2) is 6.10 Å². The van der Waals surface area contributed by atoms with Gasteiger partial charge in [-0.05, 0) is 6.92 Å². The maximum atomic E-state index is 11.1. The maximum absolute atomic E-state index is 11.1. The van der Waals surface area contributed by atoms with Crippen LogP contribution in [-0.4, -0.2) is 28.9 Å². The summed E-state index contributed by atoms with van der Waals surface area (Å²) in [5.41, 5.74) is 0. The number of carboxylic acids is 1. The zero-order valence-corrected chi connectivity index (χ0v) is 7.73. The lowest BCUT2D eigenvalue weighted by molar-refractivity contribution is -0.163. The minimum atomic E-state index is -1.07. The summed E-state index contributed by atoms with van der Waals surface area (Å²) in [6, 6.07) is 0. The van der Waals surface area contributed by atoms with E-state index >= 15 is 0 Å². The zero-order valence-electron chi connectivity index (χ0n) is 7.73. The number of cyclic esters (lactones) is 1. The SMILES string of the molecule is CC(C(=O)O)C1OC(C)(C)OC1=O. The smallest absolute Gasteiger partial charge is 0.338 e. The molecule has 13 heavy (non-hydrogen) atoms. The molecule has 0 spiro atoms. The van der Waals surface area contributed by atoms with Gasteiger partial charge in [-0.15, -0.1) is 0 Å². The second kappa shape index (κ2) is 2.99. The van der Waals surface area contributed by atoms with Crippen LogP contribution in [-0.2, 0) is 19.1 Å². The third-order valence-electron chi connectivity index (χ3n) is 1.83. The highest BCUT2D eigenvalue weighted by Crippen LogP contribution is 2.27. The number of hydrogen-bond donors (Lipinski definition) is 1. The van der Waals surface area contributed by atoms with Crippen LogP contribution in [0.1, 0.15) is 20.8 Å². The molecule has 0 radical (unpaired) electrons. The fourth-order valence-electron chi connectivity index (χ4n) is 1.11. The Kier molecular flexibility index (Phi) is 2.30. The van der Waals surface area contributed by atoms with Crippen molar-refractivity contribution in [3.63, 3.8) is 0 Å². The molecule has 5 heteroatoms. The van der Waals surface area contributed by atoms with Crippen LogP contribution in [0.2, 0.25) is 0 Å². The van der Waals surface area contributed by atoms with Gasteiger partial charge >= 0.3 is 11.9 Å². The average Bonchev–Trinajstić information content (AvgIpc) is 2.22. The highest BCUT2D eigenvalue weighted by Gasteiger charge is 2.45. The molecule has 0 saturated carbocycles. The second-order valence-electron chi connectivity index (χ2n) is 3.49. The molecule has 5 nitrogen and oxygen atoms in total. The number of carbonyl (C=O) groups excluding carboxylic acids is 1. The molecule has 1 rings (SSSR count). The average molecular weight is 188 g/mol. The van der Waals surface area contributed by atoms with Gasteiger partial charge in [0.05, 0.1) is 5.92 Å². The molecule has 1 aliphatic heterocycles. The normalized spacial score (nSPS) is 28.2. The van der Waals surface area contributed by atoms with E-state index in [9.17, 15) is 9.59 Å². The van der Waals surface area contributed by atoms with Crippen LogP contribution in [0.3, 0.4) is 0 Å². The van der Waals surface area contributed by atoms with Crippen molar-refractivity contribution in [3.8, 4) is 0 Å². The molecule has 1 aliphatic rings. The standard InChI is InChI=1S/C8H12O5/c1-4(6(9)10)5-7(11)13-8(2,3)12-5/h4-5H,1-3H3,(H,9,10). The van der Waals surface area contributed by atoms with E-state index in [0.717, 1.165) is 0 Å². The Bertz CT molecular complexity index is 245. The maximum Gasteiger partial charge on any atom is 0.338 e. The Balaban J connectivity index is 2.73. The molecule has 0 aromatic heterocycles. The Morgan fingerprint density at radius 2 is 2.15 bits per heavy atom. The minimum Gasteiger partial charge on any atom is -0.481 e. The molecule has 1 fully saturated rings. The van der Waals surface area contributed by atoms with Crippen molar-refractivity contribution in [2.45, 2.75) is 32.7 Å². The molecule has 2 unspecified atom stereocenters. The van der Waals surface area contributed by atoms with E-state index in [1.54, 1.807) is 13.8 Å². The topological polar surface area (TPSA) is 72.8 Å². The van der Waals surface area contributed by atoms with Crippen LogP contribution in [0.15, 0.2) is 0 Å². The van der Waals surface area contributed by atoms with Crippen molar-refractivity contribution in [2.75, 3.05) is 0 Å². The van der Waals surface area contributed by atoms with Gasteiger partial charge in [-0.3, -0.25) is 4.79 Å². The lowest BCUT2D eigenvalue weighted by Crippen LogP contribution is -2.31. The molecule has 0 aromatic carbocycles. The fraction of sp³-hybridized carbons (Fsp3) is 0.750. The number of aliphatic carboxylic acids is 1. The van der Waals surface area contributed by atoms with Gasteiger partial charge in [-0.1, -0.05) is 0 Å². The van der Waals surface area contributed by atoms with E-state index in [0.29, 0.717) is 0 Å². The van der Waals surface area contributed by atoms with Crippen LogP contribution in [0.25, 0.3) is 0 Å². The molecule has 0 aromatic rings. The largest absolute Gasteiger partial charge is 0.481 e. The summed E-state index contributed by atoms with van der Waals surface area (Å²) in [6.45, 7) is 4.55. The van der Waals surface area contributed by atoms with Crippen molar-refractivity contribution < 1.29 is 24.2 Å². The van der Waals surface area contributed by atoms with Gasteiger partial charge in [0.1, 0.15) is 0 Å². The lowest BCUT2D eigenvalue weighted by atomic mass is 10.1. The van der Waals surface area contributed by atoms with Crippen LogP contribution < -0.4 is 0 Å². The predicted molar refractivity (Wildman–Crippen MR) is 41.8 cm³/mol. The Labute approximate surface area is 75.6 Å². The summed E-state index contributed by atoms with van der Waals surface area (Å²) in [5, 5.41) is 8.64. The number of ether oxygens (including phenoxy) is 2. The first-order chi connectivity index (χ1) is 5.83. The number of carbonyl (C=O) groups is 2. The first kappa shape index (κ1) is 9.98. The van der Waals surface area contributed by atoms with Gasteiger partial charge in [-0.25, -0.2) is 4.79 Å². The molecule has 2 atom stereocenters. The Hall–Kier alpha value is -1.10. The van der Waals surface area contributed by atoms with E-state index in [1.165, 1.54) is 6.92 Å². The van der Waals surface area contributed by atoms with Crippen LogP contribution in [0.4, 0.5) is 0 Å². The number of esters is 1. The third kappa shape index (κ3) is 1.98. The second-order valence-corrected chi connectivity index (χ2v) is 3.49. The van der Waals surface area contributed by atoms with Crippen molar-refractivity contribution in [1.82, 2.24) is 0 Å². The summed E-state index contributed by atoms with van der Waals surface area (Å²) in [5.74, 6) is -3.57. The molecular formula is C8H12O5. The van der Waals surface area contributed by atoms with E-state index in [1.807, 2.05) is 0 Å². The van der Waals surface area contributed by atoms with E-state index in [2.05, 4.69) is 0 Å². The van der Waals surface area contributed by atoms with E-state index < -0.39 is 29.7 Å².